The van der Waals surface area contributed by atoms with Gasteiger partial charge in [0.1, 0.15) is 15.8 Å². The number of para-hydroxylation sites is 1. The largest absolute Gasteiger partial charge is 0.493 e. The summed E-state index contributed by atoms with van der Waals surface area (Å²) in [5, 5.41) is 4.94. The summed E-state index contributed by atoms with van der Waals surface area (Å²) in [5.74, 6) is 1.41. The highest BCUT2D eigenvalue weighted by Gasteiger charge is 2.35. The van der Waals surface area contributed by atoms with Crippen molar-refractivity contribution < 1.29 is 14.3 Å². The fourth-order valence-corrected chi connectivity index (χ4v) is 5.85. The molecule has 6 nitrogen and oxygen atoms in total. The molecule has 1 aromatic heterocycles. The van der Waals surface area contributed by atoms with Crippen LogP contribution < -0.4 is 4.74 Å². The molecule has 198 valence electrons. The molecule has 3 aromatic rings. The quantitative estimate of drug-likeness (QED) is 0.221. The summed E-state index contributed by atoms with van der Waals surface area (Å²) in [6, 6.07) is 16.1. The maximum atomic E-state index is 13.3. The normalized spacial score (nSPS) is 18.8. The number of hydrogen-bond donors (Lipinski definition) is 0. The van der Waals surface area contributed by atoms with E-state index in [1.165, 1.54) is 11.8 Å². The minimum absolute atomic E-state index is 0.0532. The molecule has 5 rings (SSSR count). The number of thiocarbonyl (C=S) groups is 1. The molecule has 38 heavy (non-hydrogen) atoms. The Bertz CT molecular complexity index is 1340. The van der Waals surface area contributed by atoms with E-state index < -0.39 is 0 Å². The van der Waals surface area contributed by atoms with E-state index in [0.717, 1.165) is 59.7 Å². The Morgan fingerprint density at radius 3 is 2.76 bits per heavy atom. The maximum Gasteiger partial charge on any atom is 0.266 e. The zero-order chi connectivity index (χ0) is 26.6. The van der Waals surface area contributed by atoms with Gasteiger partial charge in [0.2, 0.25) is 0 Å². The van der Waals surface area contributed by atoms with Crippen molar-refractivity contribution in [2.45, 2.75) is 46.1 Å². The van der Waals surface area contributed by atoms with E-state index in [1.54, 1.807) is 4.90 Å². The molecular weight excluding hydrogens is 514 g/mol. The van der Waals surface area contributed by atoms with Crippen molar-refractivity contribution >= 4 is 40.3 Å². The van der Waals surface area contributed by atoms with E-state index in [2.05, 4.69) is 26.8 Å². The van der Waals surface area contributed by atoms with Gasteiger partial charge in [0, 0.05) is 23.9 Å². The number of ether oxygens (including phenoxy) is 2. The smallest absolute Gasteiger partial charge is 0.266 e. The predicted octanol–water partition coefficient (Wildman–Crippen LogP) is 6.65. The number of carbonyl (C=O) groups is 1. The number of benzene rings is 2. The van der Waals surface area contributed by atoms with Crippen LogP contribution in [0, 0.1) is 12.8 Å². The molecule has 1 unspecified atom stereocenters. The fourth-order valence-electron chi connectivity index (χ4n) is 4.58. The molecular formula is C30H33N3O3S2. The number of amides is 1. The van der Waals surface area contributed by atoms with Crippen LogP contribution in [0.25, 0.3) is 23.0 Å². The Morgan fingerprint density at radius 1 is 1.24 bits per heavy atom. The first kappa shape index (κ1) is 26.7. The number of carbonyl (C=O) groups excluding carboxylic acids is 1. The van der Waals surface area contributed by atoms with Gasteiger partial charge in [-0.1, -0.05) is 56.0 Å². The SMILES string of the molecule is Cc1cc(-c2nn(-c3ccccc3)cc2/C=C2\SC(=S)N(CC3CCCO3)C2=O)ccc1OCCC(C)C. The average Bonchev–Trinajstić information content (AvgIpc) is 3.63. The monoisotopic (exact) mass is 547 g/mol. The number of hydrogen-bond acceptors (Lipinski definition) is 6. The Balaban J connectivity index is 1.46. The summed E-state index contributed by atoms with van der Waals surface area (Å²) in [6.45, 7) is 8.39. The van der Waals surface area contributed by atoms with Gasteiger partial charge in [0.05, 0.1) is 29.8 Å². The third-order valence-electron chi connectivity index (χ3n) is 6.73. The molecule has 3 heterocycles. The van der Waals surface area contributed by atoms with E-state index in [9.17, 15) is 4.79 Å². The van der Waals surface area contributed by atoms with Crippen molar-refractivity contribution in [1.82, 2.24) is 14.7 Å². The number of thioether (sulfide) groups is 1. The molecule has 0 bridgehead atoms. The second kappa shape index (κ2) is 11.8. The van der Waals surface area contributed by atoms with Gasteiger partial charge in [0.15, 0.2) is 0 Å². The van der Waals surface area contributed by atoms with Crippen LogP contribution in [0.3, 0.4) is 0 Å². The highest BCUT2D eigenvalue weighted by molar-refractivity contribution is 8.26. The molecule has 0 spiro atoms. The number of aromatic nitrogens is 2. The second-order valence-corrected chi connectivity index (χ2v) is 11.8. The molecule has 0 N–H and O–H groups in total. The zero-order valence-corrected chi connectivity index (χ0v) is 23.7. The summed E-state index contributed by atoms with van der Waals surface area (Å²) in [5.41, 5.74) is 4.63. The first-order valence-electron chi connectivity index (χ1n) is 13.1. The predicted molar refractivity (Wildman–Crippen MR) is 158 cm³/mol. The molecule has 0 aliphatic carbocycles. The van der Waals surface area contributed by atoms with Gasteiger partial charge in [-0.25, -0.2) is 4.68 Å². The van der Waals surface area contributed by atoms with Gasteiger partial charge in [-0.3, -0.25) is 9.69 Å². The minimum Gasteiger partial charge on any atom is -0.493 e. The highest BCUT2D eigenvalue weighted by Crippen LogP contribution is 2.36. The third kappa shape index (κ3) is 6.03. The van der Waals surface area contributed by atoms with Gasteiger partial charge >= 0.3 is 0 Å². The minimum atomic E-state index is -0.0704. The molecule has 2 fully saturated rings. The van der Waals surface area contributed by atoms with Crippen molar-refractivity contribution in [3.05, 3.63) is 70.8 Å². The molecule has 0 radical (unpaired) electrons. The highest BCUT2D eigenvalue weighted by atomic mass is 32.2. The molecule has 8 heteroatoms. The van der Waals surface area contributed by atoms with Gasteiger partial charge < -0.3 is 9.47 Å². The zero-order valence-electron chi connectivity index (χ0n) is 22.1. The van der Waals surface area contributed by atoms with Crippen LogP contribution in [0.15, 0.2) is 59.6 Å². The van der Waals surface area contributed by atoms with Crippen molar-refractivity contribution in [1.29, 1.82) is 0 Å². The van der Waals surface area contributed by atoms with E-state index in [4.69, 9.17) is 26.8 Å². The average molecular weight is 548 g/mol. The third-order valence-corrected chi connectivity index (χ3v) is 8.11. The lowest BCUT2D eigenvalue weighted by molar-refractivity contribution is -0.123. The van der Waals surface area contributed by atoms with Crippen molar-refractivity contribution in [2.24, 2.45) is 5.92 Å². The van der Waals surface area contributed by atoms with E-state index >= 15 is 0 Å². The Kier molecular flexibility index (Phi) is 8.31. The second-order valence-electron chi connectivity index (χ2n) is 10.2. The van der Waals surface area contributed by atoms with Crippen molar-refractivity contribution in [2.75, 3.05) is 19.8 Å². The maximum absolute atomic E-state index is 13.3. The first-order valence-corrected chi connectivity index (χ1v) is 14.4. The first-order chi connectivity index (χ1) is 18.4. The lowest BCUT2D eigenvalue weighted by atomic mass is 10.0. The van der Waals surface area contributed by atoms with Crippen LogP contribution >= 0.6 is 24.0 Å². The van der Waals surface area contributed by atoms with E-state index in [1.807, 2.05) is 59.4 Å². The lowest BCUT2D eigenvalue weighted by Gasteiger charge is -2.18. The molecule has 0 saturated carbocycles. The summed E-state index contributed by atoms with van der Waals surface area (Å²) >= 11 is 6.91. The fraction of sp³-hybridized carbons (Fsp3) is 0.367. The van der Waals surface area contributed by atoms with Gasteiger partial charge in [-0.15, -0.1) is 0 Å². The number of nitrogens with zero attached hydrogens (tertiary/aromatic N) is 3. The van der Waals surface area contributed by atoms with Crippen LogP contribution in [0.5, 0.6) is 5.75 Å². The van der Waals surface area contributed by atoms with Crippen molar-refractivity contribution in [3.8, 4) is 22.7 Å². The molecule has 2 aliphatic rings. The molecule has 2 aliphatic heterocycles. The number of rotatable bonds is 9. The van der Waals surface area contributed by atoms with Crippen LogP contribution in [0.2, 0.25) is 0 Å². The molecule has 2 saturated heterocycles. The van der Waals surface area contributed by atoms with Gasteiger partial charge in [-0.05, 0) is 74.1 Å². The van der Waals surface area contributed by atoms with Crippen LogP contribution in [0.4, 0.5) is 0 Å². The molecule has 1 amide bonds. The Labute approximate surface area is 234 Å². The van der Waals surface area contributed by atoms with Crippen LogP contribution in [-0.2, 0) is 9.53 Å². The molecule has 2 aromatic carbocycles. The summed E-state index contributed by atoms with van der Waals surface area (Å²) in [7, 11) is 0. The summed E-state index contributed by atoms with van der Waals surface area (Å²) < 4.78 is 14.2. The standard InChI is InChI=1S/C30H33N3O3S2/c1-20(2)13-15-36-26-12-11-22(16-21(26)3)28-23(18-33(31-28)24-8-5-4-6-9-24)17-27-29(34)32(30(37)38-27)19-25-10-7-14-35-25/h4-6,8-9,11-12,16-18,20,25H,7,10,13-15,19H2,1-3H3/b27-17-. The number of aryl methyl sites for hydroxylation is 1. The lowest BCUT2D eigenvalue weighted by Crippen LogP contribution is -2.35. The topological polar surface area (TPSA) is 56.6 Å². The van der Waals surface area contributed by atoms with E-state index in [0.29, 0.717) is 28.3 Å². The van der Waals surface area contributed by atoms with Gasteiger partial charge in [0.25, 0.3) is 5.91 Å². The van der Waals surface area contributed by atoms with E-state index in [-0.39, 0.29) is 12.0 Å². The Morgan fingerprint density at radius 2 is 2.05 bits per heavy atom. The summed E-state index contributed by atoms with van der Waals surface area (Å²) in [6.07, 6.45) is 6.94. The van der Waals surface area contributed by atoms with Crippen LogP contribution in [-0.4, -0.2) is 50.8 Å². The molecule has 1 atom stereocenters. The Hall–Kier alpha value is -2.94. The van der Waals surface area contributed by atoms with Gasteiger partial charge in [-0.2, -0.15) is 5.10 Å². The van der Waals surface area contributed by atoms with Crippen molar-refractivity contribution in [3.63, 3.8) is 0 Å². The van der Waals surface area contributed by atoms with Crippen LogP contribution in [0.1, 0.15) is 44.2 Å². The summed E-state index contributed by atoms with van der Waals surface area (Å²) in [4.78, 5) is 15.6.